The van der Waals surface area contributed by atoms with E-state index in [9.17, 15) is 9.59 Å². The average molecular weight is 340 g/mol. The third-order valence-electron chi connectivity index (χ3n) is 3.49. The number of ether oxygens (including phenoxy) is 2. The van der Waals surface area contributed by atoms with Gasteiger partial charge in [0.1, 0.15) is 11.4 Å². The highest BCUT2D eigenvalue weighted by Gasteiger charge is 2.15. The zero-order chi connectivity index (χ0) is 18.2. The Bertz CT molecular complexity index is 782. The summed E-state index contributed by atoms with van der Waals surface area (Å²) in [7, 11) is 4.61. The van der Waals surface area contributed by atoms with Crippen LogP contribution in [-0.2, 0) is 9.53 Å². The summed E-state index contributed by atoms with van der Waals surface area (Å²) in [4.78, 5) is 24.4. The molecule has 0 bridgehead atoms. The quantitative estimate of drug-likeness (QED) is 0.624. The van der Waals surface area contributed by atoms with E-state index in [4.69, 9.17) is 9.47 Å². The van der Waals surface area contributed by atoms with Crippen LogP contribution in [0.25, 0.3) is 6.08 Å². The van der Waals surface area contributed by atoms with E-state index in [0.717, 1.165) is 11.3 Å². The molecule has 2 N–H and O–H groups in total. The Hall–Kier alpha value is -3.28. The molecule has 6 heteroatoms. The summed E-state index contributed by atoms with van der Waals surface area (Å²) >= 11 is 0. The standard InChI is InChI=1S/C19H20N2O4/c1-20-15-6-4-5-13(11-15)12-17(19(23)25-3)21-18(22)14-7-9-16(24-2)10-8-14/h4-12,20H,1-3H3,(H,21,22)/b17-12-. The lowest BCUT2D eigenvalue weighted by atomic mass is 10.1. The first kappa shape index (κ1) is 18.1. The number of anilines is 1. The van der Waals surface area contributed by atoms with Gasteiger partial charge in [-0.1, -0.05) is 12.1 Å². The van der Waals surface area contributed by atoms with Crippen molar-refractivity contribution in [1.29, 1.82) is 0 Å². The monoisotopic (exact) mass is 340 g/mol. The van der Waals surface area contributed by atoms with Gasteiger partial charge in [-0.2, -0.15) is 0 Å². The molecule has 6 nitrogen and oxygen atoms in total. The van der Waals surface area contributed by atoms with Gasteiger partial charge in [-0.15, -0.1) is 0 Å². The fraction of sp³-hybridized carbons (Fsp3) is 0.158. The van der Waals surface area contributed by atoms with Crippen LogP contribution in [0, 0.1) is 0 Å². The van der Waals surface area contributed by atoms with Gasteiger partial charge in [-0.25, -0.2) is 4.79 Å². The van der Waals surface area contributed by atoms with Crippen molar-refractivity contribution in [3.63, 3.8) is 0 Å². The maximum Gasteiger partial charge on any atom is 0.354 e. The first-order chi connectivity index (χ1) is 12.1. The van der Waals surface area contributed by atoms with E-state index in [2.05, 4.69) is 10.6 Å². The summed E-state index contributed by atoms with van der Waals surface area (Å²) in [5.74, 6) is -0.398. The molecule has 0 saturated heterocycles. The second-order valence-corrected chi connectivity index (χ2v) is 5.11. The van der Waals surface area contributed by atoms with E-state index in [-0.39, 0.29) is 5.70 Å². The highest BCUT2D eigenvalue weighted by atomic mass is 16.5. The average Bonchev–Trinajstić information content (AvgIpc) is 2.66. The molecule has 0 aliphatic carbocycles. The molecule has 2 aromatic rings. The van der Waals surface area contributed by atoms with Crippen LogP contribution in [0.2, 0.25) is 0 Å². The van der Waals surface area contributed by atoms with E-state index in [1.807, 2.05) is 24.3 Å². The molecule has 0 aromatic heterocycles. The van der Waals surface area contributed by atoms with Gasteiger partial charge in [0.15, 0.2) is 0 Å². The summed E-state index contributed by atoms with van der Waals surface area (Å²) in [6, 6.07) is 14.0. The fourth-order valence-electron chi connectivity index (χ4n) is 2.14. The number of carbonyl (C=O) groups excluding carboxylic acids is 2. The Morgan fingerprint density at radius 1 is 1.04 bits per heavy atom. The predicted molar refractivity (Wildman–Crippen MR) is 96.4 cm³/mol. The molecule has 0 spiro atoms. The van der Waals surface area contributed by atoms with E-state index < -0.39 is 11.9 Å². The maximum absolute atomic E-state index is 12.4. The molecule has 0 unspecified atom stereocenters. The number of hydrogen-bond donors (Lipinski definition) is 2. The van der Waals surface area contributed by atoms with Crippen LogP contribution in [0.15, 0.2) is 54.2 Å². The van der Waals surface area contributed by atoms with Crippen molar-refractivity contribution >= 4 is 23.6 Å². The van der Waals surface area contributed by atoms with Crippen molar-refractivity contribution in [2.75, 3.05) is 26.6 Å². The lowest BCUT2D eigenvalue weighted by molar-refractivity contribution is -0.136. The first-order valence-electron chi connectivity index (χ1n) is 7.60. The molecule has 0 atom stereocenters. The van der Waals surface area contributed by atoms with Gasteiger partial charge in [-0.05, 0) is 48.0 Å². The van der Waals surface area contributed by atoms with E-state index >= 15 is 0 Å². The lowest BCUT2D eigenvalue weighted by Crippen LogP contribution is -2.28. The molecule has 1 amide bonds. The molecule has 2 aromatic carbocycles. The van der Waals surface area contributed by atoms with Crippen LogP contribution in [0.4, 0.5) is 5.69 Å². The Morgan fingerprint density at radius 2 is 1.76 bits per heavy atom. The van der Waals surface area contributed by atoms with Crippen LogP contribution in [0.5, 0.6) is 5.75 Å². The normalized spacial score (nSPS) is 10.8. The molecule has 0 saturated carbocycles. The van der Waals surface area contributed by atoms with Crippen molar-refractivity contribution in [1.82, 2.24) is 5.32 Å². The molecule has 0 aliphatic heterocycles. The maximum atomic E-state index is 12.4. The third kappa shape index (κ3) is 4.84. The first-order valence-corrected chi connectivity index (χ1v) is 7.60. The van der Waals surface area contributed by atoms with Gasteiger partial charge in [0.05, 0.1) is 14.2 Å². The summed E-state index contributed by atoms with van der Waals surface area (Å²) < 4.78 is 9.82. The number of esters is 1. The van der Waals surface area contributed by atoms with Gasteiger partial charge in [0, 0.05) is 18.3 Å². The molecule has 25 heavy (non-hydrogen) atoms. The van der Waals surface area contributed by atoms with Crippen molar-refractivity contribution in [2.45, 2.75) is 0 Å². The molecule has 0 heterocycles. The summed E-state index contributed by atoms with van der Waals surface area (Å²) in [6.07, 6.45) is 1.56. The molecule has 0 radical (unpaired) electrons. The minimum Gasteiger partial charge on any atom is -0.497 e. The summed E-state index contributed by atoms with van der Waals surface area (Å²) in [5.41, 5.74) is 2.10. The second-order valence-electron chi connectivity index (χ2n) is 5.11. The number of rotatable bonds is 6. The summed E-state index contributed by atoms with van der Waals surface area (Å²) in [5, 5.41) is 5.61. The molecule has 0 fully saturated rings. The zero-order valence-corrected chi connectivity index (χ0v) is 14.3. The van der Waals surface area contributed by atoms with Crippen molar-refractivity contribution in [3.05, 3.63) is 65.4 Å². The van der Waals surface area contributed by atoms with E-state index in [0.29, 0.717) is 11.3 Å². The van der Waals surface area contributed by atoms with Crippen LogP contribution >= 0.6 is 0 Å². The topological polar surface area (TPSA) is 76.7 Å². The molecule has 130 valence electrons. The largest absolute Gasteiger partial charge is 0.497 e. The lowest BCUT2D eigenvalue weighted by Gasteiger charge is -2.09. The predicted octanol–water partition coefficient (Wildman–Crippen LogP) is 2.68. The fourth-order valence-corrected chi connectivity index (χ4v) is 2.14. The third-order valence-corrected chi connectivity index (χ3v) is 3.49. The van der Waals surface area contributed by atoms with Gasteiger partial charge in [0.2, 0.25) is 0 Å². The number of nitrogens with one attached hydrogen (secondary N) is 2. The van der Waals surface area contributed by atoms with E-state index in [1.165, 1.54) is 7.11 Å². The van der Waals surface area contributed by atoms with Crippen LogP contribution in [0.1, 0.15) is 15.9 Å². The number of benzene rings is 2. The minimum atomic E-state index is -0.628. The highest BCUT2D eigenvalue weighted by molar-refractivity contribution is 6.03. The van der Waals surface area contributed by atoms with Crippen LogP contribution in [-0.4, -0.2) is 33.1 Å². The smallest absolute Gasteiger partial charge is 0.354 e. The van der Waals surface area contributed by atoms with Gasteiger partial charge in [0.25, 0.3) is 5.91 Å². The van der Waals surface area contributed by atoms with E-state index in [1.54, 1.807) is 44.5 Å². The highest BCUT2D eigenvalue weighted by Crippen LogP contribution is 2.15. The Morgan fingerprint density at radius 3 is 2.36 bits per heavy atom. The molecule has 0 aliphatic rings. The van der Waals surface area contributed by atoms with Gasteiger partial charge >= 0.3 is 5.97 Å². The SMILES string of the molecule is CNc1cccc(/C=C(\NC(=O)c2ccc(OC)cc2)C(=O)OC)c1. The van der Waals surface area contributed by atoms with Crippen LogP contribution < -0.4 is 15.4 Å². The Labute approximate surface area is 146 Å². The Balaban J connectivity index is 2.26. The van der Waals surface area contributed by atoms with Crippen molar-refractivity contribution < 1.29 is 19.1 Å². The molecular weight excluding hydrogens is 320 g/mol. The van der Waals surface area contributed by atoms with Crippen molar-refractivity contribution in [3.8, 4) is 5.75 Å². The zero-order valence-electron chi connectivity index (χ0n) is 14.3. The van der Waals surface area contributed by atoms with Gasteiger partial charge < -0.3 is 20.1 Å². The second kappa shape index (κ2) is 8.54. The summed E-state index contributed by atoms with van der Waals surface area (Å²) in [6.45, 7) is 0. The Kier molecular flexibility index (Phi) is 6.17. The molecular formula is C19H20N2O4. The molecule has 2 rings (SSSR count). The van der Waals surface area contributed by atoms with Crippen molar-refractivity contribution in [2.24, 2.45) is 0 Å². The number of amides is 1. The minimum absolute atomic E-state index is 0.0524. The number of hydrogen-bond acceptors (Lipinski definition) is 5. The number of carbonyl (C=O) groups is 2. The van der Waals surface area contributed by atoms with Crippen LogP contribution in [0.3, 0.4) is 0 Å². The van der Waals surface area contributed by atoms with Gasteiger partial charge in [-0.3, -0.25) is 4.79 Å². The number of methoxy groups -OCH3 is 2.